The molecule has 1 aromatic carbocycles. The standard InChI is InChI=1S/C15H17NO4/c1-3-19-13(17)8-9-16-15(18)14-10(2)11-6-4-5-7-12(11)20-14/h4-7H,3,8-9H2,1-2H3,(H,16,18). The van der Waals surface area contributed by atoms with Gasteiger partial charge in [0.05, 0.1) is 13.0 Å². The van der Waals surface area contributed by atoms with E-state index in [9.17, 15) is 9.59 Å². The average molecular weight is 275 g/mol. The smallest absolute Gasteiger partial charge is 0.307 e. The van der Waals surface area contributed by atoms with Crippen LogP contribution in [0.1, 0.15) is 29.5 Å². The minimum absolute atomic E-state index is 0.152. The Bertz CT molecular complexity index is 630. The molecule has 1 aromatic heterocycles. The van der Waals surface area contributed by atoms with Crippen molar-refractivity contribution in [3.63, 3.8) is 0 Å². The lowest BCUT2D eigenvalue weighted by atomic mass is 10.1. The fourth-order valence-corrected chi connectivity index (χ4v) is 1.98. The van der Waals surface area contributed by atoms with Crippen LogP contribution in [-0.2, 0) is 9.53 Å². The first-order valence-electron chi connectivity index (χ1n) is 6.55. The van der Waals surface area contributed by atoms with Gasteiger partial charge in [0.2, 0.25) is 0 Å². The molecule has 0 aliphatic carbocycles. The van der Waals surface area contributed by atoms with E-state index in [2.05, 4.69) is 5.32 Å². The molecule has 5 nitrogen and oxygen atoms in total. The number of rotatable bonds is 5. The van der Waals surface area contributed by atoms with Crippen molar-refractivity contribution in [2.75, 3.05) is 13.2 Å². The van der Waals surface area contributed by atoms with Crippen LogP contribution in [0.2, 0.25) is 0 Å². The number of hydrogen-bond acceptors (Lipinski definition) is 4. The number of esters is 1. The van der Waals surface area contributed by atoms with Crippen molar-refractivity contribution in [3.8, 4) is 0 Å². The highest BCUT2D eigenvalue weighted by Gasteiger charge is 2.17. The summed E-state index contributed by atoms with van der Waals surface area (Å²) in [5, 5.41) is 3.58. The Labute approximate surface area is 116 Å². The Morgan fingerprint density at radius 1 is 1.30 bits per heavy atom. The Morgan fingerprint density at radius 3 is 2.75 bits per heavy atom. The number of furan rings is 1. The van der Waals surface area contributed by atoms with Crippen molar-refractivity contribution in [1.82, 2.24) is 5.32 Å². The average Bonchev–Trinajstić information content (AvgIpc) is 2.77. The van der Waals surface area contributed by atoms with Gasteiger partial charge >= 0.3 is 5.97 Å². The first kappa shape index (κ1) is 14.1. The van der Waals surface area contributed by atoms with Crippen LogP contribution in [0.3, 0.4) is 0 Å². The number of fused-ring (bicyclic) bond motifs is 1. The zero-order valence-corrected chi connectivity index (χ0v) is 11.6. The highest BCUT2D eigenvalue weighted by Crippen LogP contribution is 2.24. The molecule has 1 amide bonds. The molecule has 0 radical (unpaired) electrons. The fourth-order valence-electron chi connectivity index (χ4n) is 1.98. The molecule has 20 heavy (non-hydrogen) atoms. The Morgan fingerprint density at radius 2 is 2.05 bits per heavy atom. The second-order valence-electron chi connectivity index (χ2n) is 4.36. The van der Waals surface area contributed by atoms with E-state index in [1.807, 2.05) is 31.2 Å². The SMILES string of the molecule is CCOC(=O)CCNC(=O)c1oc2ccccc2c1C. The fraction of sp³-hybridized carbons (Fsp3) is 0.333. The van der Waals surface area contributed by atoms with Gasteiger partial charge in [0.15, 0.2) is 5.76 Å². The Balaban J connectivity index is 2.01. The first-order chi connectivity index (χ1) is 9.63. The minimum Gasteiger partial charge on any atom is -0.466 e. The zero-order valence-electron chi connectivity index (χ0n) is 11.6. The summed E-state index contributed by atoms with van der Waals surface area (Å²) in [5.41, 5.74) is 1.48. The molecule has 0 bridgehead atoms. The molecule has 2 aromatic rings. The molecule has 2 rings (SSSR count). The van der Waals surface area contributed by atoms with Gasteiger partial charge in [-0.15, -0.1) is 0 Å². The minimum atomic E-state index is -0.325. The molecule has 0 saturated carbocycles. The molecule has 0 saturated heterocycles. The maximum Gasteiger partial charge on any atom is 0.307 e. The van der Waals surface area contributed by atoms with E-state index in [1.54, 1.807) is 6.92 Å². The lowest BCUT2D eigenvalue weighted by molar-refractivity contribution is -0.142. The molecule has 106 valence electrons. The number of hydrogen-bond donors (Lipinski definition) is 1. The molecular weight excluding hydrogens is 258 g/mol. The summed E-state index contributed by atoms with van der Waals surface area (Å²) in [4.78, 5) is 23.2. The van der Waals surface area contributed by atoms with Crippen LogP contribution in [0.5, 0.6) is 0 Å². The number of benzene rings is 1. The zero-order chi connectivity index (χ0) is 14.5. The predicted molar refractivity (Wildman–Crippen MR) is 74.5 cm³/mol. The third-order valence-corrected chi connectivity index (χ3v) is 2.97. The largest absolute Gasteiger partial charge is 0.466 e. The van der Waals surface area contributed by atoms with Gasteiger partial charge in [0.25, 0.3) is 5.91 Å². The molecule has 0 fully saturated rings. The van der Waals surface area contributed by atoms with Crippen molar-refractivity contribution in [3.05, 3.63) is 35.6 Å². The Hall–Kier alpha value is -2.30. The number of para-hydroxylation sites is 1. The third-order valence-electron chi connectivity index (χ3n) is 2.97. The van der Waals surface area contributed by atoms with E-state index in [1.165, 1.54) is 0 Å². The van der Waals surface area contributed by atoms with Crippen molar-refractivity contribution in [2.24, 2.45) is 0 Å². The summed E-state index contributed by atoms with van der Waals surface area (Å²) in [6.07, 6.45) is 0.152. The highest BCUT2D eigenvalue weighted by molar-refractivity contribution is 5.98. The molecule has 5 heteroatoms. The van der Waals surface area contributed by atoms with Crippen LogP contribution in [0.25, 0.3) is 11.0 Å². The topological polar surface area (TPSA) is 68.5 Å². The quantitative estimate of drug-likeness (QED) is 0.851. The van der Waals surface area contributed by atoms with Crippen molar-refractivity contribution in [2.45, 2.75) is 20.3 Å². The summed E-state index contributed by atoms with van der Waals surface area (Å²) >= 11 is 0. The van der Waals surface area contributed by atoms with Gasteiger partial charge in [0.1, 0.15) is 5.58 Å². The van der Waals surface area contributed by atoms with Crippen LogP contribution in [0.15, 0.2) is 28.7 Å². The number of ether oxygens (including phenoxy) is 1. The van der Waals surface area contributed by atoms with Crippen LogP contribution in [0, 0.1) is 6.92 Å². The van der Waals surface area contributed by atoms with E-state index in [4.69, 9.17) is 9.15 Å². The van der Waals surface area contributed by atoms with Crippen LogP contribution < -0.4 is 5.32 Å². The van der Waals surface area contributed by atoms with E-state index in [0.29, 0.717) is 12.2 Å². The molecule has 0 aliphatic heterocycles. The summed E-state index contributed by atoms with van der Waals surface area (Å²) in [6.45, 7) is 4.16. The molecular formula is C15H17NO4. The van der Waals surface area contributed by atoms with Crippen molar-refractivity contribution < 1.29 is 18.7 Å². The molecule has 1 heterocycles. The first-order valence-corrected chi connectivity index (χ1v) is 6.55. The second kappa shape index (κ2) is 6.23. The van der Waals surface area contributed by atoms with Crippen molar-refractivity contribution >= 4 is 22.8 Å². The molecule has 0 aliphatic rings. The van der Waals surface area contributed by atoms with E-state index in [0.717, 1.165) is 10.9 Å². The summed E-state index contributed by atoms with van der Waals surface area (Å²) in [5.74, 6) is -0.354. The number of carbonyl (C=O) groups excluding carboxylic acids is 2. The normalized spacial score (nSPS) is 10.5. The van der Waals surface area contributed by atoms with Gasteiger partial charge in [-0.05, 0) is 19.9 Å². The third kappa shape index (κ3) is 2.99. The van der Waals surface area contributed by atoms with Crippen LogP contribution >= 0.6 is 0 Å². The van der Waals surface area contributed by atoms with Gasteiger partial charge in [-0.3, -0.25) is 9.59 Å². The molecule has 0 unspecified atom stereocenters. The highest BCUT2D eigenvalue weighted by atomic mass is 16.5. The summed E-state index contributed by atoms with van der Waals surface area (Å²) in [7, 11) is 0. The van der Waals surface area contributed by atoms with E-state index in [-0.39, 0.29) is 30.6 Å². The van der Waals surface area contributed by atoms with Crippen molar-refractivity contribution in [1.29, 1.82) is 0 Å². The lowest BCUT2D eigenvalue weighted by Gasteiger charge is -2.03. The van der Waals surface area contributed by atoms with Gasteiger partial charge in [-0.2, -0.15) is 0 Å². The van der Waals surface area contributed by atoms with Crippen LogP contribution in [0.4, 0.5) is 0 Å². The second-order valence-corrected chi connectivity index (χ2v) is 4.36. The predicted octanol–water partition coefficient (Wildman–Crippen LogP) is 2.42. The molecule has 1 N–H and O–H groups in total. The van der Waals surface area contributed by atoms with E-state index >= 15 is 0 Å². The molecule has 0 atom stereocenters. The summed E-state index contributed by atoms with van der Waals surface area (Å²) in [6, 6.07) is 7.47. The number of aryl methyl sites for hydroxylation is 1. The van der Waals surface area contributed by atoms with Gasteiger partial charge in [-0.1, -0.05) is 18.2 Å². The summed E-state index contributed by atoms with van der Waals surface area (Å²) < 4.78 is 10.3. The van der Waals surface area contributed by atoms with Crippen LogP contribution in [-0.4, -0.2) is 25.0 Å². The lowest BCUT2D eigenvalue weighted by Crippen LogP contribution is -2.26. The van der Waals surface area contributed by atoms with Gasteiger partial charge in [-0.25, -0.2) is 0 Å². The number of carbonyl (C=O) groups is 2. The maximum absolute atomic E-state index is 12.0. The number of amides is 1. The molecule has 0 spiro atoms. The monoisotopic (exact) mass is 275 g/mol. The Kier molecular flexibility index (Phi) is 4.40. The van der Waals surface area contributed by atoms with E-state index < -0.39 is 0 Å². The number of nitrogens with one attached hydrogen (secondary N) is 1. The van der Waals surface area contributed by atoms with Gasteiger partial charge in [0, 0.05) is 17.5 Å². The van der Waals surface area contributed by atoms with Gasteiger partial charge < -0.3 is 14.5 Å². The maximum atomic E-state index is 12.0.